The van der Waals surface area contributed by atoms with Gasteiger partial charge < -0.3 is 9.84 Å². The lowest BCUT2D eigenvalue weighted by atomic mass is 10.1. The monoisotopic (exact) mass is 330 g/mol. The average Bonchev–Trinajstić information content (AvgIpc) is 2.54. The molecule has 118 valence electrons. The van der Waals surface area contributed by atoms with Gasteiger partial charge in [0, 0.05) is 6.07 Å². The first kappa shape index (κ1) is 15.3. The first-order valence-electron chi connectivity index (χ1n) is 7.01. The Bertz CT molecular complexity index is 898. The highest BCUT2D eigenvalue weighted by Gasteiger charge is 2.42. The fourth-order valence-electron chi connectivity index (χ4n) is 2.46. The average molecular weight is 330 g/mol. The van der Waals surface area contributed by atoms with Gasteiger partial charge in [-0.3, -0.25) is 0 Å². The van der Waals surface area contributed by atoms with E-state index in [4.69, 9.17) is 4.74 Å². The minimum atomic E-state index is -3.99. The van der Waals surface area contributed by atoms with Crippen LogP contribution in [0.2, 0.25) is 0 Å². The third kappa shape index (κ3) is 2.51. The summed E-state index contributed by atoms with van der Waals surface area (Å²) in [6, 6.07) is 13.2. The summed E-state index contributed by atoms with van der Waals surface area (Å²) in [7, 11) is -3.99. The molecule has 6 heteroatoms. The SMILES string of the molecule is C=CC1OC(O)=[N+](S(=O)(=O)c2ccc(C)cc2)c2ccccc21. The molecular formula is C17H16NO4S+. The van der Waals surface area contributed by atoms with E-state index in [0.717, 1.165) is 9.54 Å². The van der Waals surface area contributed by atoms with Crippen LogP contribution in [0.25, 0.3) is 0 Å². The van der Waals surface area contributed by atoms with Gasteiger partial charge in [-0.05, 0) is 35.2 Å². The van der Waals surface area contributed by atoms with Crippen LogP contribution in [0.4, 0.5) is 5.69 Å². The molecule has 3 rings (SSSR count). The van der Waals surface area contributed by atoms with Crippen LogP contribution >= 0.6 is 0 Å². The molecule has 1 aliphatic heterocycles. The van der Waals surface area contributed by atoms with Gasteiger partial charge in [0.25, 0.3) is 0 Å². The fraction of sp³-hybridized carbons (Fsp3) is 0.118. The second kappa shape index (κ2) is 5.55. The zero-order valence-corrected chi connectivity index (χ0v) is 13.3. The molecule has 2 aromatic carbocycles. The molecule has 0 fully saturated rings. The van der Waals surface area contributed by atoms with Gasteiger partial charge in [-0.15, -0.1) is 0 Å². The summed E-state index contributed by atoms with van der Waals surface area (Å²) in [5, 5.41) is 10.2. The van der Waals surface area contributed by atoms with Gasteiger partial charge in [-0.25, -0.2) is 0 Å². The van der Waals surface area contributed by atoms with Gasteiger partial charge in [-0.2, -0.15) is 8.42 Å². The third-order valence-electron chi connectivity index (χ3n) is 3.64. The maximum absolute atomic E-state index is 12.9. The maximum atomic E-state index is 12.9. The van der Waals surface area contributed by atoms with Crippen molar-refractivity contribution in [2.24, 2.45) is 0 Å². The number of aliphatic hydroxyl groups excluding tert-OH is 1. The van der Waals surface area contributed by atoms with E-state index in [0.29, 0.717) is 11.3 Å². The fourth-order valence-corrected chi connectivity index (χ4v) is 3.83. The predicted octanol–water partition coefficient (Wildman–Crippen LogP) is 3.20. The van der Waals surface area contributed by atoms with E-state index in [1.165, 1.54) is 18.2 Å². The maximum Gasteiger partial charge on any atom is 0.571 e. The number of para-hydroxylation sites is 1. The number of benzene rings is 2. The lowest BCUT2D eigenvalue weighted by molar-refractivity contribution is -0.306. The lowest BCUT2D eigenvalue weighted by Gasteiger charge is -2.19. The van der Waals surface area contributed by atoms with Gasteiger partial charge >= 0.3 is 16.1 Å². The van der Waals surface area contributed by atoms with Crippen LogP contribution < -0.4 is 0 Å². The second-order valence-corrected chi connectivity index (χ2v) is 6.98. The Balaban J connectivity index is 2.22. The molecule has 0 saturated carbocycles. The van der Waals surface area contributed by atoms with Gasteiger partial charge in [0.05, 0.1) is 5.56 Å². The lowest BCUT2D eigenvalue weighted by Crippen LogP contribution is -2.31. The van der Waals surface area contributed by atoms with E-state index < -0.39 is 22.2 Å². The van der Waals surface area contributed by atoms with Crippen molar-refractivity contribution in [1.29, 1.82) is 0 Å². The molecule has 0 saturated heterocycles. The zero-order chi connectivity index (χ0) is 16.6. The Labute approximate surface area is 134 Å². The first-order chi connectivity index (χ1) is 10.9. The summed E-state index contributed by atoms with van der Waals surface area (Å²) in [6.45, 7) is 5.52. The van der Waals surface area contributed by atoms with Crippen molar-refractivity contribution in [1.82, 2.24) is 0 Å². The Hall–Kier alpha value is -2.60. The molecule has 1 N–H and O–H groups in total. The number of sulfonamides is 1. The van der Waals surface area contributed by atoms with Gasteiger partial charge in [-0.1, -0.05) is 36.4 Å². The Morgan fingerprint density at radius 2 is 1.83 bits per heavy atom. The topological polar surface area (TPSA) is 66.6 Å². The number of hydrogen-bond donors (Lipinski definition) is 1. The number of hydrogen-bond acceptors (Lipinski definition) is 3. The minimum absolute atomic E-state index is 0.0742. The van der Waals surface area contributed by atoms with E-state index in [1.807, 2.05) is 6.92 Å². The van der Waals surface area contributed by atoms with Crippen LogP contribution in [0.5, 0.6) is 0 Å². The molecule has 0 aliphatic carbocycles. The third-order valence-corrected chi connectivity index (χ3v) is 5.34. The smallest absolute Gasteiger partial charge is 0.429 e. The van der Waals surface area contributed by atoms with Crippen LogP contribution in [-0.2, 0) is 14.8 Å². The van der Waals surface area contributed by atoms with Gasteiger partial charge in [0.2, 0.25) is 5.69 Å². The molecule has 5 nitrogen and oxygen atoms in total. The predicted molar refractivity (Wildman–Crippen MR) is 86.4 cm³/mol. The molecule has 2 aromatic rings. The molecule has 23 heavy (non-hydrogen) atoms. The largest absolute Gasteiger partial charge is 0.571 e. The van der Waals surface area contributed by atoms with Crippen molar-refractivity contribution in [3.8, 4) is 0 Å². The van der Waals surface area contributed by atoms with Crippen molar-refractivity contribution in [3.05, 3.63) is 72.3 Å². The Morgan fingerprint density at radius 1 is 1.17 bits per heavy atom. The van der Waals surface area contributed by atoms with Crippen LogP contribution in [0, 0.1) is 6.92 Å². The van der Waals surface area contributed by atoms with E-state index in [9.17, 15) is 13.5 Å². The molecule has 1 aliphatic rings. The number of aliphatic hydroxyl groups is 1. The first-order valence-corrected chi connectivity index (χ1v) is 8.45. The highest BCUT2D eigenvalue weighted by Crippen LogP contribution is 2.35. The van der Waals surface area contributed by atoms with Crippen molar-refractivity contribution >= 4 is 21.8 Å². The molecule has 1 atom stereocenters. The summed E-state index contributed by atoms with van der Waals surface area (Å²) in [6.07, 6.45) is 0.218. The number of rotatable bonds is 3. The van der Waals surface area contributed by atoms with Crippen molar-refractivity contribution in [2.75, 3.05) is 0 Å². The Kier molecular flexibility index (Phi) is 3.69. The van der Waals surface area contributed by atoms with E-state index in [1.54, 1.807) is 36.4 Å². The second-order valence-electron chi connectivity index (χ2n) is 5.20. The molecule has 0 aromatic heterocycles. The highest BCUT2D eigenvalue weighted by atomic mass is 32.2. The molecule has 0 amide bonds. The van der Waals surface area contributed by atoms with Gasteiger partial charge in [0.1, 0.15) is 4.90 Å². The molecule has 1 heterocycles. The van der Waals surface area contributed by atoms with Crippen LogP contribution in [0.15, 0.2) is 66.1 Å². The van der Waals surface area contributed by atoms with Crippen LogP contribution in [0.1, 0.15) is 17.2 Å². The van der Waals surface area contributed by atoms with E-state index in [-0.39, 0.29) is 4.90 Å². The Morgan fingerprint density at radius 3 is 2.48 bits per heavy atom. The standard InChI is InChI=1S/C17H15NO4S/c1-3-16-14-6-4-5-7-15(14)18(17(19)22-16)23(20,21)13-10-8-12(2)9-11-13/h3-11,16H,1H2,2H3/p+1. The molecule has 1 unspecified atom stereocenters. The van der Waals surface area contributed by atoms with Crippen molar-refractivity contribution < 1.29 is 22.2 Å². The van der Waals surface area contributed by atoms with Gasteiger partial charge in [0.15, 0.2) is 6.10 Å². The highest BCUT2D eigenvalue weighted by molar-refractivity contribution is 7.85. The summed E-state index contributed by atoms with van der Waals surface area (Å²) < 4.78 is 31.9. The summed E-state index contributed by atoms with van der Waals surface area (Å²) in [4.78, 5) is 0.0742. The van der Waals surface area contributed by atoms with Crippen LogP contribution in [-0.4, -0.2) is 23.6 Å². The van der Waals surface area contributed by atoms with E-state index >= 15 is 0 Å². The van der Waals surface area contributed by atoms with E-state index in [2.05, 4.69) is 6.58 Å². The summed E-state index contributed by atoms with van der Waals surface area (Å²) >= 11 is 0. The number of aryl methyl sites for hydroxylation is 1. The molecule has 0 radical (unpaired) electrons. The number of fused-ring (bicyclic) bond motifs is 1. The molecule has 0 bridgehead atoms. The quantitative estimate of drug-likeness (QED) is 0.693. The molecular weight excluding hydrogens is 314 g/mol. The summed E-state index contributed by atoms with van der Waals surface area (Å²) in [5.74, 6) is 0. The normalized spacial score (nSPS) is 17.3. The molecule has 0 spiro atoms. The van der Waals surface area contributed by atoms with Crippen molar-refractivity contribution in [3.63, 3.8) is 0 Å². The zero-order valence-electron chi connectivity index (χ0n) is 12.5. The number of nitrogens with zero attached hydrogens (tertiary/aromatic N) is 1. The van der Waals surface area contributed by atoms with Crippen LogP contribution in [0.3, 0.4) is 0 Å². The van der Waals surface area contributed by atoms with Crippen molar-refractivity contribution in [2.45, 2.75) is 17.9 Å². The minimum Gasteiger partial charge on any atom is -0.429 e. The number of ether oxygens (including phenoxy) is 1. The summed E-state index contributed by atoms with van der Waals surface area (Å²) in [5.41, 5.74) is 1.91.